The molecule has 39 heavy (non-hydrogen) atoms. The summed E-state index contributed by atoms with van der Waals surface area (Å²) in [5.74, 6) is 0.0459. The maximum absolute atomic E-state index is 13.9. The van der Waals surface area contributed by atoms with Gasteiger partial charge in [-0.05, 0) is 55.3 Å². The van der Waals surface area contributed by atoms with Crippen molar-refractivity contribution in [1.29, 1.82) is 0 Å². The van der Waals surface area contributed by atoms with Crippen LogP contribution < -0.4 is 19.6 Å². The Kier molecular flexibility index (Phi) is 8.02. The van der Waals surface area contributed by atoms with Gasteiger partial charge in [0.2, 0.25) is 0 Å². The Morgan fingerprint density at radius 2 is 1.82 bits per heavy atom. The maximum Gasteiger partial charge on any atom is 0.338 e. The molecule has 4 aromatic rings. The van der Waals surface area contributed by atoms with Gasteiger partial charge in [-0.3, -0.25) is 9.36 Å². The zero-order valence-corrected chi connectivity index (χ0v) is 23.5. The highest BCUT2D eigenvalue weighted by molar-refractivity contribution is 7.07. The van der Waals surface area contributed by atoms with Crippen molar-refractivity contribution in [2.45, 2.75) is 26.5 Å². The van der Waals surface area contributed by atoms with Gasteiger partial charge in [-0.15, -0.1) is 0 Å². The third-order valence-corrected chi connectivity index (χ3v) is 7.77. The van der Waals surface area contributed by atoms with E-state index >= 15 is 0 Å². The summed E-state index contributed by atoms with van der Waals surface area (Å²) in [4.78, 5) is 32.0. The number of thiazole rings is 1. The number of fused-ring (bicyclic) bond motifs is 1. The second-order valence-electron chi connectivity index (χ2n) is 8.78. The van der Waals surface area contributed by atoms with Gasteiger partial charge in [-0.1, -0.05) is 83.1 Å². The quantitative estimate of drug-likeness (QED) is 0.264. The predicted octanol–water partition coefficient (Wildman–Crippen LogP) is 5.68. The van der Waals surface area contributed by atoms with Crippen LogP contribution in [0.4, 0.5) is 0 Å². The lowest BCUT2D eigenvalue weighted by molar-refractivity contribution is -0.139. The van der Waals surface area contributed by atoms with E-state index in [2.05, 4.69) is 4.99 Å². The number of halogens is 2. The minimum Gasteiger partial charge on any atom is -0.488 e. The average Bonchev–Trinajstić information content (AvgIpc) is 3.22. The predicted molar refractivity (Wildman–Crippen MR) is 154 cm³/mol. The van der Waals surface area contributed by atoms with Crippen molar-refractivity contribution in [1.82, 2.24) is 4.57 Å². The van der Waals surface area contributed by atoms with E-state index in [1.807, 2.05) is 36.4 Å². The first-order chi connectivity index (χ1) is 18.9. The van der Waals surface area contributed by atoms with Crippen LogP contribution in [-0.4, -0.2) is 17.1 Å². The molecular weight excluding hydrogens is 555 g/mol. The van der Waals surface area contributed by atoms with E-state index in [9.17, 15) is 9.59 Å². The number of nitrogens with zero attached hydrogens (tertiary/aromatic N) is 2. The minimum atomic E-state index is -0.788. The molecule has 5 rings (SSSR count). The number of carbonyl (C=O) groups is 1. The fourth-order valence-corrected chi connectivity index (χ4v) is 5.88. The molecule has 0 fully saturated rings. The lowest BCUT2D eigenvalue weighted by Crippen LogP contribution is -2.40. The van der Waals surface area contributed by atoms with Crippen molar-refractivity contribution in [2.24, 2.45) is 4.99 Å². The van der Waals surface area contributed by atoms with E-state index in [0.29, 0.717) is 48.6 Å². The molecule has 1 atom stereocenters. The zero-order valence-electron chi connectivity index (χ0n) is 21.2. The molecular formula is C30H24Cl2N2O4S. The van der Waals surface area contributed by atoms with Gasteiger partial charge < -0.3 is 9.47 Å². The number of allylic oxidation sites excluding steroid dienone is 1. The first-order valence-electron chi connectivity index (χ1n) is 12.3. The second-order valence-corrected chi connectivity index (χ2v) is 10.6. The summed E-state index contributed by atoms with van der Waals surface area (Å²) in [7, 11) is 0. The van der Waals surface area contributed by atoms with E-state index in [-0.39, 0.29) is 17.7 Å². The monoisotopic (exact) mass is 578 g/mol. The average molecular weight is 580 g/mol. The fourth-order valence-electron chi connectivity index (χ4n) is 4.42. The molecule has 6 nitrogen and oxygen atoms in total. The molecule has 2 heterocycles. The van der Waals surface area contributed by atoms with Crippen LogP contribution in [0.25, 0.3) is 6.08 Å². The van der Waals surface area contributed by atoms with E-state index in [0.717, 1.165) is 5.56 Å². The topological polar surface area (TPSA) is 69.9 Å². The molecule has 0 saturated heterocycles. The van der Waals surface area contributed by atoms with Gasteiger partial charge >= 0.3 is 5.97 Å². The molecule has 0 saturated carbocycles. The van der Waals surface area contributed by atoms with Gasteiger partial charge in [-0.2, -0.15) is 0 Å². The van der Waals surface area contributed by atoms with Gasteiger partial charge in [0.25, 0.3) is 5.56 Å². The molecule has 198 valence electrons. The van der Waals surface area contributed by atoms with Crippen molar-refractivity contribution >= 4 is 46.6 Å². The van der Waals surface area contributed by atoms with Crippen molar-refractivity contribution in [3.63, 3.8) is 0 Å². The highest BCUT2D eigenvalue weighted by Crippen LogP contribution is 2.34. The molecule has 0 radical (unpaired) electrons. The van der Waals surface area contributed by atoms with Crippen LogP contribution in [-0.2, 0) is 16.1 Å². The molecule has 0 N–H and O–H groups in total. The van der Waals surface area contributed by atoms with E-state index < -0.39 is 12.0 Å². The Bertz CT molecular complexity index is 1760. The van der Waals surface area contributed by atoms with Crippen LogP contribution in [0.15, 0.2) is 93.9 Å². The van der Waals surface area contributed by atoms with Crippen LogP contribution >= 0.6 is 34.5 Å². The summed E-state index contributed by atoms with van der Waals surface area (Å²) in [6.45, 7) is 4.02. The van der Waals surface area contributed by atoms with Gasteiger partial charge in [0.1, 0.15) is 18.4 Å². The smallest absolute Gasteiger partial charge is 0.338 e. The Morgan fingerprint density at radius 1 is 1.08 bits per heavy atom. The van der Waals surface area contributed by atoms with Gasteiger partial charge in [0.05, 0.1) is 22.4 Å². The highest BCUT2D eigenvalue weighted by atomic mass is 35.5. The van der Waals surface area contributed by atoms with Crippen molar-refractivity contribution in [2.75, 3.05) is 6.61 Å². The molecule has 0 unspecified atom stereocenters. The first-order valence-corrected chi connectivity index (χ1v) is 13.8. The summed E-state index contributed by atoms with van der Waals surface area (Å²) < 4.78 is 13.3. The molecule has 9 heteroatoms. The molecule has 0 bridgehead atoms. The normalized spacial score (nSPS) is 15.1. The molecule has 0 spiro atoms. The van der Waals surface area contributed by atoms with Crippen LogP contribution in [0.2, 0.25) is 10.0 Å². The fraction of sp³-hybridized carbons (Fsp3) is 0.167. The number of ether oxygens (including phenoxy) is 2. The van der Waals surface area contributed by atoms with Crippen LogP contribution in [0.5, 0.6) is 5.75 Å². The Morgan fingerprint density at radius 3 is 2.56 bits per heavy atom. The Labute approximate surface area is 239 Å². The van der Waals surface area contributed by atoms with Gasteiger partial charge in [-0.25, -0.2) is 9.79 Å². The van der Waals surface area contributed by atoms with Crippen LogP contribution in [0.3, 0.4) is 0 Å². The van der Waals surface area contributed by atoms with E-state index in [1.54, 1.807) is 56.3 Å². The van der Waals surface area contributed by atoms with Crippen molar-refractivity contribution in [3.8, 4) is 5.75 Å². The third kappa shape index (κ3) is 5.57. The maximum atomic E-state index is 13.9. The number of esters is 1. The molecule has 3 aromatic carbocycles. The second kappa shape index (κ2) is 11.6. The Balaban J connectivity index is 1.64. The number of hydrogen-bond acceptors (Lipinski definition) is 6. The van der Waals surface area contributed by atoms with Crippen LogP contribution in [0.1, 0.15) is 36.6 Å². The number of hydrogen-bond donors (Lipinski definition) is 0. The third-order valence-electron chi connectivity index (χ3n) is 6.21. The minimum absolute atomic E-state index is 0.190. The molecule has 1 aromatic heterocycles. The molecule has 1 aliphatic heterocycles. The standard InChI is InChI=1S/C30H24Cl2N2O4S/c1-3-37-29(36)26-18(2)33-30-34(27(26)22-11-7-8-12-23(22)32)28(35)25(39-30)16-20-15-21(31)13-14-24(20)38-17-19-9-5-4-6-10-19/h4-16,27H,3,17H2,1-2H3/b25-16-/t27-/m1/s1. The molecule has 1 aliphatic rings. The number of carbonyl (C=O) groups excluding carboxylic acids is 1. The van der Waals surface area contributed by atoms with E-state index in [4.69, 9.17) is 32.7 Å². The molecule has 0 amide bonds. The number of aromatic nitrogens is 1. The first kappa shape index (κ1) is 26.9. The van der Waals surface area contributed by atoms with Gasteiger partial charge in [0.15, 0.2) is 4.80 Å². The highest BCUT2D eigenvalue weighted by Gasteiger charge is 2.34. The number of rotatable bonds is 7. The summed E-state index contributed by atoms with van der Waals surface area (Å²) in [6.07, 6.45) is 1.74. The molecule has 0 aliphatic carbocycles. The zero-order chi connectivity index (χ0) is 27.5. The lowest BCUT2D eigenvalue weighted by Gasteiger charge is -2.25. The largest absolute Gasteiger partial charge is 0.488 e. The van der Waals surface area contributed by atoms with E-state index in [1.165, 1.54) is 15.9 Å². The van der Waals surface area contributed by atoms with Crippen molar-refractivity contribution < 1.29 is 14.3 Å². The Hall–Kier alpha value is -3.65. The SMILES string of the molecule is CCOC(=O)C1=C(C)N=c2s/c(=C\c3cc(Cl)ccc3OCc3ccccc3)c(=O)n2[C@@H]1c1ccccc1Cl. The summed E-state index contributed by atoms with van der Waals surface area (Å²) in [5.41, 5.74) is 2.71. The number of benzene rings is 3. The van der Waals surface area contributed by atoms with Crippen LogP contribution in [0, 0.1) is 0 Å². The summed E-state index contributed by atoms with van der Waals surface area (Å²) in [6, 6.07) is 21.4. The van der Waals surface area contributed by atoms with Crippen molar-refractivity contribution in [3.05, 3.63) is 130 Å². The van der Waals surface area contributed by atoms with Gasteiger partial charge in [0, 0.05) is 15.6 Å². The lowest BCUT2D eigenvalue weighted by atomic mass is 9.96. The summed E-state index contributed by atoms with van der Waals surface area (Å²) in [5, 5.41) is 0.940. The summed E-state index contributed by atoms with van der Waals surface area (Å²) >= 11 is 14.1.